The molecule has 0 bridgehead atoms. The standard InChI is InChI=1S/C16H18O2/c1-10(2)8-9-12-11(3)15(17)13-6-4-5-7-14(13)16(12)18/h4-8,17-18H,9H2,1-3H3. The summed E-state index contributed by atoms with van der Waals surface area (Å²) in [5, 5.41) is 21.9. The Morgan fingerprint density at radius 1 is 1.06 bits per heavy atom. The van der Waals surface area contributed by atoms with E-state index in [-0.39, 0.29) is 11.5 Å². The number of hydrogen-bond donors (Lipinski definition) is 2. The third-order valence-corrected chi connectivity index (χ3v) is 3.25. The molecule has 0 aliphatic rings. The second-order valence-electron chi connectivity index (χ2n) is 4.83. The fourth-order valence-corrected chi connectivity index (χ4v) is 2.14. The van der Waals surface area contributed by atoms with Gasteiger partial charge in [0.05, 0.1) is 0 Å². The van der Waals surface area contributed by atoms with Crippen molar-refractivity contribution in [3.63, 3.8) is 0 Å². The maximum Gasteiger partial charge on any atom is 0.127 e. The molecule has 2 aromatic carbocycles. The first-order valence-corrected chi connectivity index (χ1v) is 6.08. The van der Waals surface area contributed by atoms with Crippen LogP contribution in [0.5, 0.6) is 11.5 Å². The van der Waals surface area contributed by atoms with Crippen LogP contribution < -0.4 is 0 Å². The minimum Gasteiger partial charge on any atom is -0.507 e. The fraction of sp³-hybridized carbons (Fsp3) is 0.250. The number of allylic oxidation sites excluding steroid dienone is 2. The van der Waals surface area contributed by atoms with Gasteiger partial charge in [-0.05, 0) is 32.8 Å². The predicted octanol–water partition coefficient (Wildman–Crippen LogP) is 4.07. The van der Waals surface area contributed by atoms with Crippen LogP contribution in [-0.4, -0.2) is 10.2 Å². The van der Waals surface area contributed by atoms with Gasteiger partial charge in [-0.25, -0.2) is 0 Å². The average Bonchev–Trinajstić information content (AvgIpc) is 2.36. The molecule has 0 aliphatic heterocycles. The molecule has 0 amide bonds. The van der Waals surface area contributed by atoms with Crippen LogP contribution in [0.25, 0.3) is 10.8 Å². The summed E-state index contributed by atoms with van der Waals surface area (Å²) in [4.78, 5) is 0. The van der Waals surface area contributed by atoms with Crippen molar-refractivity contribution in [2.75, 3.05) is 0 Å². The van der Waals surface area contributed by atoms with Crippen molar-refractivity contribution in [3.05, 3.63) is 47.0 Å². The molecule has 0 aliphatic carbocycles. The van der Waals surface area contributed by atoms with E-state index >= 15 is 0 Å². The fourth-order valence-electron chi connectivity index (χ4n) is 2.14. The zero-order valence-corrected chi connectivity index (χ0v) is 11.0. The molecule has 0 saturated heterocycles. The summed E-state index contributed by atoms with van der Waals surface area (Å²) in [6, 6.07) is 7.37. The van der Waals surface area contributed by atoms with E-state index in [9.17, 15) is 10.2 Å². The van der Waals surface area contributed by atoms with Gasteiger partial charge in [0.1, 0.15) is 11.5 Å². The van der Waals surface area contributed by atoms with Gasteiger partial charge in [0.25, 0.3) is 0 Å². The van der Waals surface area contributed by atoms with E-state index in [2.05, 4.69) is 6.08 Å². The van der Waals surface area contributed by atoms with Crippen LogP contribution in [0.4, 0.5) is 0 Å². The molecule has 2 heteroatoms. The highest BCUT2D eigenvalue weighted by Gasteiger charge is 2.14. The second kappa shape index (κ2) is 4.73. The Kier molecular flexibility index (Phi) is 3.28. The van der Waals surface area contributed by atoms with Gasteiger partial charge < -0.3 is 10.2 Å². The van der Waals surface area contributed by atoms with Crippen LogP contribution in [0.3, 0.4) is 0 Å². The lowest BCUT2D eigenvalue weighted by molar-refractivity contribution is 0.461. The third-order valence-electron chi connectivity index (χ3n) is 3.25. The summed E-state index contributed by atoms with van der Waals surface area (Å²) in [5.74, 6) is 0.541. The molecule has 0 aromatic heterocycles. The smallest absolute Gasteiger partial charge is 0.127 e. The number of phenolic OH excluding ortho intramolecular Hbond substituents is 2. The second-order valence-corrected chi connectivity index (χ2v) is 4.83. The average molecular weight is 242 g/mol. The monoisotopic (exact) mass is 242 g/mol. The highest BCUT2D eigenvalue weighted by molar-refractivity contribution is 5.95. The van der Waals surface area contributed by atoms with Gasteiger partial charge in [-0.1, -0.05) is 35.9 Å². The molecule has 94 valence electrons. The van der Waals surface area contributed by atoms with E-state index < -0.39 is 0 Å². The number of rotatable bonds is 2. The molecule has 0 saturated carbocycles. The Labute approximate surface area is 107 Å². The SMILES string of the molecule is CC(C)=CCc1c(C)c(O)c2ccccc2c1O. The van der Waals surface area contributed by atoms with Crippen molar-refractivity contribution in [2.45, 2.75) is 27.2 Å². The van der Waals surface area contributed by atoms with Crippen molar-refractivity contribution in [1.29, 1.82) is 0 Å². The third kappa shape index (κ3) is 2.06. The summed E-state index contributed by atoms with van der Waals surface area (Å²) in [6.07, 6.45) is 2.69. The molecule has 0 radical (unpaired) electrons. The van der Waals surface area contributed by atoms with Gasteiger partial charge in [-0.3, -0.25) is 0 Å². The number of aromatic hydroxyl groups is 2. The summed E-state index contributed by atoms with van der Waals surface area (Å²) >= 11 is 0. The summed E-state index contributed by atoms with van der Waals surface area (Å²) < 4.78 is 0. The molecule has 2 aromatic rings. The van der Waals surface area contributed by atoms with Crippen molar-refractivity contribution in [3.8, 4) is 11.5 Å². The molecule has 0 spiro atoms. The normalized spacial score (nSPS) is 10.6. The van der Waals surface area contributed by atoms with E-state index in [4.69, 9.17) is 0 Å². The zero-order valence-electron chi connectivity index (χ0n) is 11.0. The molecular weight excluding hydrogens is 224 g/mol. The quantitative estimate of drug-likeness (QED) is 0.615. The first kappa shape index (κ1) is 12.5. The molecule has 0 fully saturated rings. The van der Waals surface area contributed by atoms with E-state index in [1.165, 1.54) is 5.57 Å². The van der Waals surface area contributed by atoms with Crippen LogP contribution in [0.15, 0.2) is 35.9 Å². The summed E-state index contributed by atoms with van der Waals surface area (Å²) in [6.45, 7) is 5.89. The highest BCUT2D eigenvalue weighted by atomic mass is 16.3. The number of phenols is 2. The largest absolute Gasteiger partial charge is 0.507 e. The van der Waals surface area contributed by atoms with Gasteiger partial charge >= 0.3 is 0 Å². The minimum absolute atomic E-state index is 0.264. The molecule has 2 N–H and O–H groups in total. The Hall–Kier alpha value is -1.96. The van der Waals surface area contributed by atoms with Gasteiger partial charge in [0, 0.05) is 16.3 Å². The topological polar surface area (TPSA) is 40.5 Å². The molecule has 0 heterocycles. The van der Waals surface area contributed by atoms with E-state index in [1.54, 1.807) is 0 Å². The first-order chi connectivity index (χ1) is 8.52. The van der Waals surface area contributed by atoms with E-state index in [0.29, 0.717) is 17.2 Å². The molecular formula is C16H18O2. The predicted molar refractivity (Wildman–Crippen MR) is 75.1 cm³/mol. The Morgan fingerprint density at radius 2 is 1.61 bits per heavy atom. The zero-order chi connectivity index (χ0) is 13.3. The van der Waals surface area contributed by atoms with Crippen molar-refractivity contribution >= 4 is 10.8 Å². The highest BCUT2D eigenvalue weighted by Crippen LogP contribution is 2.39. The number of hydrogen-bond acceptors (Lipinski definition) is 2. The molecule has 2 rings (SSSR count). The summed E-state index contributed by atoms with van der Waals surface area (Å²) in [7, 11) is 0. The lowest BCUT2D eigenvalue weighted by atomic mass is 9.96. The minimum atomic E-state index is 0.264. The molecule has 2 nitrogen and oxygen atoms in total. The van der Waals surface area contributed by atoms with E-state index in [1.807, 2.05) is 45.0 Å². The number of fused-ring (bicyclic) bond motifs is 1. The van der Waals surface area contributed by atoms with Crippen molar-refractivity contribution in [2.24, 2.45) is 0 Å². The molecule has 0 unspecified atom stereocenters. The van der Waals surface area contributed by atoms with Gasteiger partial charge in [-0.2, -0.15) is 0 Å². The Morgan fingerprint density at radius 3 is 2.17 bits per heavy atom. The van der Waals surface area contributed by atoms with E-state index in [0.717, 1.165) is 11.1 Å². The van der Waals surface area contributed by atoms with Gasteiger partial charge in [0.2, 0.25) is 0 Å². The maximum absolute atomic E-state index is 10.3. The first-order valence-electron chi connectivity index (χ1n) is 6.08. The van der Waals surface area contributed by atoms with Crippen LogP contribution in [0, 0.1) is 6.92 Å². The molecule has 18 heavy (non-hydrogen) atoms. The maximum atomic E-state index is 10.3. The van der Waals surface area contributed by atoms with Crippen molar-refractivity contribution in [1.82, 2.24) is 0 Å². The lowest BCUT2D eigenvalue weighted by Crippen LogP contribution is -1.92. The van der Waals surface area contributed by atoms with Crippen LogP contribution in [0.1, 0.15) is 25.0 Å². The van der Waals surface area contributed by atoms with Gasteiger partial charge in [0.15, 0.2) is 0 Å². The summed E-state index contributed by atoms with van der Waals surface area (Å²) in [5.41, 5.74) is 2.75. The van der Waals surface area contributed by atoms with Crippen molar-refractivity contribution < 1.29 is 10.2 Å². The van der Waals surface area contributed by atoms with Gasteiger partial charge in [-0.15, -0.1) is 0 Å². The Bertz CT molecular complexity index is 621. The Balaban J connectivity index is 2.70. The molecule has 0 atom stereocenters. The van der Waals surface area contributed by atoms with Crippen LogP contribution >= 0.6 is 0 Å². The van der Waals surface area contributed by atoms with Crippen LogP contribution in [0.2, 0.25) is 0 Å². The number of benzene rings is 2. The lowest BCUT2D eigenvalue weighted by Gasteiger charge is -2.13. The van der Waals surface area contributed by atoms with Crippen LogP contribution in [-0.2, 0) is 6.42 Å².